The van der Waals surface area contributed by atoms with Crippen LogP contribution in [-0.2, 0) is 16.8 Å². The summed E-state index contributed by atoms with van der Waals surface area (Å²) < 4.78 is 5.18. The Morgan fingerprint density at radius 2 is 2.03 bits per heavy atom. The molecule has 3 aromatic rings. The highest BCUT2D eigenvalue weighted by Crippen LogP contribution is 2.42. The van der Waals surface area contributed by atoms with Crippen LogP contribution in [0.25, 0.3) is 0 Å². The number of carbonyl (C=O) groups excluding carboxylic acids is 2. The fourth-order valence-electron chi connectivity index (χ4n) is 5.04. The smallest absolute Gasteiger partial charge is 0.259 e. The summed E-state index contributed by atoms with van der Waals surface area (Å²) in [7, 11) is 1.57. The van der Waals surface area contributed by atoms with E-state index in [9.17, 15) is 9.59 Å². The molecule has 1 aromatic carbocycles. The maximum Gasteiger partial charge on any atom is 0.259 e. The molecule has 9 heteroatoms. The Balaban J connectivity index is 1.34. The van der Waals surface area contributed by atoms with E-state index in [0.29, 0.717) is 36.0 Å². The van der Waals surface area contributed by atoms with E-state index >= 15 is 0 Å². The summed E-state index contributed by atoms with van der Waals surface area (Å²) in [5, 5.41) is 9.55. The number of ether oxygens (including phenoxy) is 1. The third-order valence-corrected chi connectivity index (χ3v) is 6.97. The molecule has 0 unspecified atom stereocenters. The molecular weight excluding hydrogens is 468 g/mol. The summed E-state index contributed by atoms with van der Waals surface area (Å²) in [5.41, 5.74) is 3.81. The molecule has 2 aliphatic rings. The number of aromatic nitrogens is 2. The molecular formula is C28H32N6O3. The van der Waals surface area contributed by atoms with E-state index < -0.39 is 0 Å². The number of amides is 2. The number of rotatable bonds is 7. The standard InChI is InChI=1S/C28H32N6O3/c1-28(2)17-34(27(36)22-7-5-11-29-22)23-15-19(8-9-21(23)28)33-26(35)20-6-4-12-31-25(20)32-16-18-10-13-30-24(14-18)37-3/h4,6,8-10,12-15,22,29H,5,7,11,16-17H2,1-3H3,(H,31,32)(H,33,35)/t22-/m0/s1. The number of benzene rings is 1. The number of pyridine rings is 2. The molecule has 2 amide bonds. The van der Waals surface area contributed by atoms with Crippen molar-refractivity contribution in [1.82, 2.24) is 15.3 Å². The van der Waals surface area contributed by atoms with Crippen molar-refractivity contribution in [3.63, 3.8) is 0 Å². The molecule has 37 heavy (non-hydrogen) atoms. The third kappa shape index (κ3) is 5.13. The monoisotopic (exact) mass is 500 g/mol. The highest BCUT2D eigenvalue weighted by molar-refractivity contribution is 6.08. The SMILES string of the molecule is COc1cc(CNc2ncccc2C(=O)Nc2ccc3c(c2)N(C(=O)[C@@H]2CCCN2)CC3(C)C)ccn1. The van der Waals surface area contributed by atoms with Crippen LogP contribution in [0.5, 0.6) is 5.88 Å². The number of hydrogen-bond donors (Lipinski definition) is 3. The van der Waals surface area contributed by atoms with Gasteiger partial charge in [0, 0.05) is 48.3 Å². The highest BCUT2D eigenvalue weighted by atomic mass is 16.5. The zero-order valence-electron chi connectivity index (χ0n) is 21.4. The van der Waals surface area contributed by atoms with E-state index in [1.54, 1.807) is 31.6 Å². The van der Waals surface area contributed by atoms with Gasteiger partial charge in [-0.2, -0.15) is 0 Å². The number of carbonyl (C=O) groups is 2. The van der Waals surface area contributed by atoms with Gasteiger partial charge in [-0.05, 0) is 60.8 Å². The summed E-state index contributed by atoms with van der Waals surface area (Å²) in [5.74, 6) is 0.811. The second-order valence-electron chi connectivity index (χ2n) is 10.1. The van der Waals surface area contributed by atoms with Crippen LogP contribution >= 0.6 is 0 Å². The van der Waals surface area contributed by atoms with Gasteiger partial charge in [-0.3, -0.25) is 9.59 Å². The van der Waals surface area contributed by atoms with E-state index in [1.165, 1.54) is 0 Å². The zero-order chi connectivity index (χ0) is 26.0. The lowest BCUT2D eigenvalue weighted by Crippen LogP contribution is -2.44. The Morgan fingerprint density at radius 1 is 1.16 bits per heavy atom. The number of methoxy groups -OCH3 is 1. The average molecular weight is 501 g/mol. The van der Waals surface area contributed by atoms with Gasteiger partial charge in [0.2, 0.25) is 11.8 Å². The van der Waals surface area contributed by atoms with Crippen LogP contribution in [0.4, 0.5) is 17.2 Å². The lowest BCUT2D eigenvalue weighted by molar-refractivity contribution is -0.120. The molecule has 1 atom stereocenters. The summed E-state index contributed by atoms with van der Waals surface area (Å²) >= 11 is 0. The van der Waals surface area contributed by atoms with Crippen LogP contribution in [0.1, 0.15) is 48.2 Å². The van der Waals surface area contributed by atoms with E-state index in [4.69, 9.17) is 4.74 Å². The maximum atomic E-state index is 13.3. The molecule has 2 aliphatic heterocycles. The predicted molar refractivity (Wildman–Crippen MR) is 143 cm³/mol. The molecule has 2 aromatic heterocycles. The second kappa shape index (κ2) is 10.2. The van der Waals surface area contributed by atoms with Gasteiger partial charge in [-0.1, -0.05) is 19.9 Å². The lowest BCUT2D eigenvalue weighted by atomic mass is 9.87. The molecule has 4 heterocycles. The first-order valence-electron chi connectivity index (χ1n) is 12.5. The Bertz CT molecular complexity index is 1320. The molecule has 5 rings (SSSR count). The minimum atomic E-state index is -0.282. The van der Waals surface area contributed by atoms with Crippen molar-refractivity contribution < 1.29 is 14.3 Å². The molecule has 9 nitrogen and oxygen atoms in total. The number of anilines is 3. The third-order valence-electron chi connectivity index (χ3n) is 6.97. The first-order chi connectivity index (χ1) is 17.9. The van der Waals surface area contributed by atoms with Crippen molar-refractivity contribution in [2.45, 2.75) is 44.7 Å². The van der Waals surface area contributed by atoms with Crippen LogP contribution < -0.4 is 25.6 Å². The summed E-state index contributed by atoms with van der Waals surface area (Å²) in [6.07, 6.45) is 5.18. The minimum absolute atomic E-state index is 0.0966. The predicted octanol–water partition coefficient (Wildman–Crippen LogP) is 3.73. The van der Waals surface area contributed by atoms with Crippen LogP contribution in [-0.4, -0.2) is 48.0 Å². The van der Waals surface area contributed by atoms with E-state index in [2.05, 4.69) is 39.8 Å². The fourth-order valence-corrected chi connectivity index (χ4v) is 5.04. The van der Waals surface area contributed by atoms with Crippen molar-refractivity contribution >= 4 is 29.0 Å². The molecule has 0 bridgehead atoms. The molecule has 192 valence electrons. The molecule has 0 saturated carbocycles. The maximum absolute atomic E-state index is 13.3. The normalized spacial score (nSPS) is 17.8. The number of fused-ring (bicyclic) bond motifs is 1. The lowest BCUT2D eigenvalue weighted by Gasteiger charge is -2.23. The van der Waals surface area contributed by atoms with E-state index in [1.807, 2.05) is 35.2 Å². The molecule has 3 N–H and O–H groups in total. The van der Waals surface area contributed by atoms with E-state index in [-0.39, 0.29) is 23.3 Å². The molecule has 0 aliphatic carbocycles. The molecule has 0 spiro atoms. The highest BCUT2D eigenvalue weighted by Gasteiger charge is 2.40. The van der Waals surface area contributed by atoms with Gasteiger partial charge in [-0.25, -0.2) is 9.97 Å². The summed E-state index contributed by atoms with van der Waals surface area (Å²) in [6, 6.07) is 12.8. The Labute approximate surface area is 216 Å². The van der Waals surface area contributed by atoms with Gasteiger partial charge in [0.05, 0.1) is 18.7 Å². The Hall–Kier alpha value is -3.98. The van der Waals surface area contributed by atoms with Crippen molar-refractivity contribution in [2.24, 2.45) is 0 Å². The van der Waals surface area contributed by atoms with E-state index in [0.717, 1.165) is 36.2 Å². The van der Waals surface area contributed by atoms with Crippen LogP contribution in [0.3, 0.4) is 0 Å². The van der Waals surface area contributed by atoms with Crippen molar-refractivity contribution in [3.8, 4) is 5.88 Å². The number of nitrogens with one attached hydrogen (secondary N) is 3. The zero-order valence-corrected chi connectivity index (χ0v) is 21.4. The number of hydrogen-bond acceptors (Lipinski definition) is 7. The minimum Gasteiger partial charge on any atom is -0.481 e. The van der Waals surface area contributed by atoms with Crippen LogP contribution in [0, 0.1) is 0 Å². The topological polar surface area (TPSA) is 108 Å². The Kier molecular flexibility index (Phi) is 6.80. The first kappa shape index (κ1) is 24.7. The van der Waals surface area contributed by atoms with Gasteiger partial charge in [0.15, 0.2) is 0 Å². The Morgan fingerprint density at radius 3 is 2.81 bits per heavy atom. The second-order valence-corrected chi connectivity index (χ2v) is 10.1. The average Bonchev–Trinajstić information content (AvgIpc) is 3.54. The molecule has 0 radical (unpaired) electrons. The molecule has 1 saturated heterocycles. The number of nitrogens with zero attached hydrogens (tertiary/aromatic N) is 3. The van der Waals surface area contributed by atoms with Crippen molar-refractivity contribution in [2.75, 3.05) is 35.7 Å². The van der Waals surface area contributed by atoms with Gasteiger partial charge in [0.25, 0.3) is 5.91 Å². The quantitative estimate of drug-likeness (QED) is 0.454. The van der Waals surface area contributed by atoms with Crippen molar-refractivity contribution in [3.05, 3.63) is 71.5 Å². The van der Waals surface area contributed by atoms with Gasteiger partial charge in [-0.15, -0.1) is 0 Å². The van der Waals surface area contributed by atoms with Crippen LogP contribution in [0.2, 0.25) is 0 Å². The van der Waals surface area contributed by atoms with Gasteiger partial charge >= 0.3 is 0 Å². The van der Waals surface area contributed by atoms with Crippen LogP contribution in [0.15, 0.2) is 54.9 Å². The van der Waals surface area contributed by atoms with Crippen molar-refractivity contribution in [1.29, 1.82) is 0 Å². The fraction of sp³-hybridized carbons (Fsp3) is 0.357. The van der Waals surface area contributed by atoms with Gasteiger partial charge < -0.3 is 25.6 Å². The van der Waals surface area contributed by atoms with Gasteiger partial charge in [0.1, 0.15) is 5.82 Å². The summed E-state index contributed by atoms with van der Waals surface area (Å²) in [6.45, 7) is 6.23. The summed E-state index contributed by atoms with van der Waals surface area (Å²) in [4.78, 5) is 36.9. The molecule has 1 fully saturated rings. The largest absolute Gasteiger partial charge is 0.481 e. The first-order valence-corrected chi connectivity index (χ1v) is 12.5.